The van der Waals surface area contributed by atoms with Crippen molar-refractivity contribution in [3.63, 3.8) is 0 Å². The number of nitrogens with one attached hydrogen (secondary N) is 2. The minimum Gasteiger partial charge on any atom is -0.442 e. The van der Waals surface area contributed by atoms with E-state index in [1.165, 1.54) is 22.6 Å². The fraction of sp³-hybridized carbons (Fsp3) is 0.222. The van der Waals surface area contributed by atoms with Crippen LogP contribution in [0.2, 0.25) is 0 Å². The van der Waals surface area contributed by atoms with E-state index in [0.29, 0.717) is 24.3 Å². The summed E-state index contributed by atoms with van der Waals surface area (Å²) in [6.07, 6.45) is -1.03. The van der Waals surface area contributed by atoms with E-state index in [-0.39, 0.29) is 19.0 Å². The molecule has 5 rings (SSSR count). The molecule has 36 heavy (non-hydrogen) atoms. The molecule has 2 N–H and O–H groups in total. The summed E-state index contributed by atoms with van der Waals surface area (Å²) in [6, 6.07) is 20.5. The van der Waals surface area contributed by atoms with Crippen molar-refractivity contribution >= 4 is 39.2 Å². The summed E-state index contributed by atoms with van der Waals surface area (Å²) in [7, 11) is 0. The van der Waals surface area contributed by atoms with E-state index >= 15 is 0 Å². The minimum absolute atomic E-state index is 0.199. The summed E-state index contributed by atoms with van der Waals surface area (Å²) in [6.45, 7) is 3.22. The number of anilines is 1. The van der Waals surface area contributed by atoms with Gasteiger partial charge in [-0.3, -0.25) is 9.69 Å². The first-order valence-corrected chi connectivity index (χ1v) is 12.4. The largest absolute Gasteiger partial charge is 0.442 e. The summed E-state index contributed by atoms with van der Waals surface area (Å²) < 4.78 is 21.4. The van der Waals surface area contributed by atoms with Crippen LogP contribution in [-0.4, -0.2) is 36.2 Å². The first-order chi connectivity index (χ1) is 17.5. The lowest BCUT2D eigenvalue weighted by Gasteiger charge is -2.15. The first-order valence-electron chi connectivity index (χ1n) is 11.6. The van der Waals surface area contributed by atoms with Crippen LogP contribution < -0.4 is 15.5 Å². The molecule has 3 aromatic carbocycles. The number of hydrogen-bond donors (Lipinski definition) is 2. The van der Waals surface area contributed by atoms with Crippen LogP contribution in [0.4, 0.5) is 14.9 Å². The number of benzene rings is 3. The molecular weight excluding hydrogens is 479 g/mol. The number of cyclic esters (lactones) is 1. The number of fused-ring (bicyclic) bond motifs is 1. The van der Waals surface area contributed by atoms with Crippen LogP contribution in [0.25, 0.3) is 21.3 Å². The third kappa shape index (κ3) is 5.37. The van der Waals surface area contributed by atoms with Crippen molar-refractivity contribution in [1.29, 1.82) is 0 Å². The highest BCUT2D eigenvalue weighted by Gasteiger charge is 2.32. The van der Waals surface area contributed by atoms with Crippen LogP contribution in [-0.2, 0) is 22.6 Å². The van der Waals surface area contributed by atoms with E-state index in [4.69, 9.17) is 4.74 Å². The zero-order valence-electron chi connectivity index (χ0n) is 19.7. The van der Waals surface area contributed by atoms with Gasteiger partial charge in [-0.25, -0.2) is 14.2 Å². The maximum atomic E-state index is 15.0. The molecule has 4 aromatic rings. The molecular formula is C27H25FN4O3S. The third-order valence-corrected chi connectivity index (χ3v) is 6.96. The van der Waals surface area contributed by atoms with E-state index < -0.39 is 18.0 Å². The molecule has 0 bridgehead atoms. The SMILES string of the molecule is CC(=O)NCC1CN(c2ccc(-c3ccc(CNCc4nc5ccccc5s4)cc3)c(F)c2)C(=O)O1. The van der Waals surface area contributed by atoms with Gasteiger partial charge in [-0.1, -0.05) is 36.4 Å². The molecule has 0 saturated carbocycles. The zero-order chi connectivity index (χ0) is 25.1. The monoisotopic (exact) mass is 504 g/mol. The number of hydrogen-bond acceptors (Lipinski definition) is 6. The second kappa shape index (κ2) is 10.4. The van der Waals surface area contributed by atoms with Crippen molar-refractivity contribution in [2.75, 3.05) is 18.0 Å². The maximum absolute atomic E-state index is 15.0. The van der Waals surface area contributed by atoms with Gasteiger partial charge in [0.2, 0.25) is 5.91 Å². The number of amides is 2. The topological polar surface area (TPSA) is 83.6 Å². The van der Waals surface area contributed by atoms with Gasteiger partial charge in [0, 0.05) is 25.6 Å². The van der Waals surface area contributed by atoms with E-state index in [1.807, 2.05) is 42.5 Å². The first kappa shape index (κ1) is 23.9. The van der Waals surface area contributed by atoms with Gasteiger partial charge in [0.1, 0.15) is 16.9 Å². The molecule has 2 heterocycles. The summed E-state index contributed by atoms with van der Waals surface area (Å²) in [5.74, 6) is -0.623. The predicted molar refractivity (Wildman–Crippen MR) is 138 cm³/mol. The lowest BCUT2D eigenvalue weighted by atomic mass is 10.0. The van der Waals surface area contributed by atoms with E-state index in [9.17, 15) is 14.0 Å². The summed E-state index contributed by atoms with van der Waals surface area (Å²) in [5, 5.41) is 7.08. The molecule has 1 aliphatic heterocycles. The fourth-order valence-electron chi connectivity index (χ4n) is 4.11. The molecule has 1 unspecified atom stereocenters. The molecule has 1 fully saturated rings. The van der Waals surface area contributed by atoms with E-state index in [0.717, 1.165) is 21.7 Å². The van der Waals surface area contributed by atoms with Crippen LogP contribution in [0.5, 0.6) is 0 Å². The van der Waals surface area contributed by atoms with Crippen LogP contribution in [0, 0.1) is 5.82 Å². The van der Waals surface area contributed by atoms with Crippen LogP contribution in [0.1, 0.15) is 17.5 Å². The number of para-hydroxylation sites is 1. The Morgan fingerprint density at radius 3 is 2.69 bits per heavy atom. The van der Waals surface area contributed by atoms with Gasteiger partial charge in [-0.2, -0.15) is 0 Å². The van der Waals surface area contributed by atoms with Gasteiger partial charge in [-0.15, -0.1) is 11.3 Å². The molecule has 184 valence electrons. The van der Waals surface area contributed by atoms with Crippen molar-refractivity contribution in [2.45, 2.75) is 26.1 Å². The number of nitrogens with zero attached hydrogens (tertiary/aromatic N) is 2. The second-order valence-electron chi connectivity index (χ2n) is 8.59. The number of carbonyl (C=O) groups is 2. The average molecular weight is 505 g/mol. The number of ether oxygens (including phenoxy) is 1. The molecule has 1 aromatic heterocycles. The van der Waals surface area contributed by atoms with Crippen molar-refractivity contribution in [2.24, 2.45) is 0 Å². The molecule has 2 amide bonds. The van der Waals surface area contributed by atoms with Crippen molar-refractivity contribution in [1.82, 2.24) is 15.6 Å². The predicted octanol–water partition coefficient (Wildman–Crippen LogP) is 4.85. The van der Waals surface area contributed by atoms with Crippen molar-refractivity contribution in [3.05, 3.63) is 83.1 Å². The highest BCUT2D eigenvalue weighted by Crippen LogP contribution is 2.29. The Morgan fingerprint density at radius 1 is 1.14 bits per heavy atom. The Kier molecular flexibility index (Phi) is 6.92. The maximum Gasteiger partial charge on any atom is 0.414 e. The van der Waals surface area contributed by atoms with Gasteiger partial charge in [0.05, 0.1) is 29.0 Å². The smallest absolute Gasteiger partial charge is 0.414 e. The third-order valence-electron chi connectivity index (χ3n) is 5.93. The number of thiazole rings is 1. The Balaban J connectivity index is 1.19. The standard InChI is InChI=1S/C27H25FN4O3S/c1-17(33)30-14-21-16-32(27(34)35-21)20-10-11-22(23(28)12-20)19-8-6-18(7-9-19)13-29-15-26-31-24-4-2-3-5-25(24)36-26/h2-12,21,29H,13-16H2,1H3,(H,30,33). The quantitative estimate of drug-likeness (QED) is 0.358. The summed E-state index contributed by atoms with van der Waals surface area (Å²) in [4.78, 5) is 29.3. The average Bonchev–Trinajstić information content (AvgIpc) is 3.46. The number of carbonyl (C=O) groups excluding carboxylic acids is 2. The molecule has 0 radical (unpaired) electrons. The molecule has 0 aliphatic carbocycles. The Labute approximate surface area is 211 Å². The normalized spacial score (nSPS) is 15.3. The molecule has 9 heteroatoms. The van der Waals surface area contributed by atoms with Crippen LogP contribution in [0.15, 0.2) is 66.7 Å². The van der Waals surface area contributed by atoms with Gasteiger partial charge in [0.15, 0.2) is 0 Å². The van der Waals surface area contributed by atoms with E-state index in [1.54, 1.807) is 23.5 Å². The summed E-state index contributed by atoms with van der Waals surface area (Å²) in [5.41, 5.74) is 3.73. The molecule has 0 spiro atoms. The van der Waals surface area contributed by atoms with E-state index in [2.05, 4.69) is 21.7 Å². The second-order valence-corrected chi connectivity index (χ2v) is 9.71. The van der Waals surface area contributed by atoms with Gasteiger partial charge < -0.3 is 15.4 Å². The minimum atomic E-state index is -0.555. The fourth-order valence-corrected chi connectivity index (χ4v) is 5.05. The highest BCUT2D eigenvalue weighted by molar-refractivity contribution is 7.18. The summed E-state index contributed by atoms with van der Waals surface area (Å²) >= 11 is 1.68. The number of rotatable bonds is 8. The highest BCUT2D eigenvalue weighted by atomic mass is 32.1. The number of halogens is 1. The lowest BCUT2D eigenvalue weighted by Crippen LogP contribution is -2.33. The van der Waals surface area contributed by atoms with Crippen molar-refractivity contribution < 1.29 is 18.7 Å². The molecule has 1 aliphatic rings. The zero-order valence-corrected chi connectivity index (χ0v) is 20.5. The molecule has 7 nitrogen and oxygen atoms in total. The Hall–Kier alpha value is -3.82. The van der Waals surface area contributed by atoms with Gasteiger partial charge >= 0.3 is 6.09 Å². The number of aromatic nitrogens is 1. The van der Waals surface area contributed by atoms with Crippen LogP contribution in [0.3, 0.4) is 0 Å². The van der Waals surface area contributed by atoms with Gasteiger partial charge in [0.25, 0.3) is 0 Å². The Bertz CT molecular complexity index is 1370. The van der Waals surface area contributed by atoms with Gasteiger partial charge in [-0.05, 0) is 41.5 Å². The molecule has 1 atom stereocenters. The Morgan fingerprint density at radius 2 is 1.94 bits per heavy atom. The van der Waals surface area contributed by atoms with Crippen molar-refractivity contribution in [3.8, 4) is 11.1 Å². The lowest BCUT2D eigenvalue weighted by molar-refractivity contribution is -0.119. The molecule has 1 saturated heterocycles. The van der Waals surface area contributed by atoms with Crippen LogP contribution >= 0.6 is 11.3 Å².